The average molecular weight is 480 g/mol. The molecule has 0 aliphatic rings. The van der Waals surface area contributed by atoms with Gasteiger partial charge in [0.05, 0.1) is 0 Å². The molecule has 3 heterocycles. The van der Waals surface area contributed by atoms with E-state index in [1.165, 1.54) is 0 Å². The summed E-state index contributed by atoms with van der Waals surface area (Å²) in [7, 11) is 0. The summed E-state index contributed by atoms with van der Waals surface area (Å²) in [5, 5.41) is 2.73. The number of hydrogen-bond donors (Lipinski definition) is 1. The molecule has 1 amide bonds. The van der Waals surface area contributed by atoms with E-state index in [4.69, 9.17) is 13.9 Å². The normalized spacial score (nSPS) is 10.5. The second-order valence-electron chi connectivity index (χ2n) is 6.46. The van der Waals surface area contributed by atoms with Gasteiger partial charge in [-0.3, -0.25) is 9.78 Å². The Bertz CT molecular complexity index is 1160. The van der Waals surface area contributed by atoms with Crippen molar-refractivity contribution in [2.75, 3.05) is 5.32 Å². The summed E-state index contributed by atoms with van der Waals surface area (Å²) < 4.78 is 18.0. The minimum absolute atomic E-state index is 0.151. The first-order valence-electron chi connectivity index (χ1n) is 9.42. The number of rotatable bonds is 8. The first-order valence-corrected chi connectivity index (χ1v) is 10.2. The van der Waals surface area contributed by atoms with Gasteiger partial charge in [0.15, 0.2) is 17.3 Å². The van der Waals surface area contributed by atoms with Crippen molar-refractivity contribution in [3.8, 4) is 11.5 Å². The summed E-state index contributed by atoms with van der Waals surface area (Å²) in [5.41, 5.74) is 0.956. The maximum absolute atomic E-state index is 12.6. The summed E-state index contributed by atoms with van der Waals surface area (Å²) in [6.45, 7) is 0.530. The van der Waals surface area contributed by atoms with Gasteiger partial charge in [0.1, 0.15) is 24.7 Å². The Hall–Kier alpha value is -3.65. The molecule has 4 aromatic rings. The van der Waals surface area contributed by atoms with E-state index in [0.29, 0.717) is 29.7 Å². The van der Waals surface area contributed by atoms with Crippen molar-refractivity contribution in [1.29, 1.82) is 0 Å². The maximum atomic E-state index is 12.6. The molecule has 0 radical (unpaired) electrons. The molecule has 1 N–H and O–H groups in total. The lowest BCUT2D eigenvalue weighted by molar-refractivity contribution is 0.0991. The molecule has 7 nitrogen and oxygen atoms in total. The summed E-state index contributed by atoms with van der Waals surface area (Å²) in [5.74, 6) is 1.71. The second-order valence-corrected chi connectivity index (χ2v) is 7.38. The third kappa shape index (κ3) is 5.70. The molecule has 8 heteroatoms. The van der Waals surface area contributed by atoms with Crippen molar-refractivity contribution in [2.45, 2.75) is 13.2 Å². The van der Waals surface area contributed by atoms with Crippen molar-refractivity contribution in [3.63, 3.8) is 0 Å². The molecule has 0 unspecified atom stereocenters. The molecular weight excluding hydrogens is 462 g/mol. The van der Waals surface area contributed by atoms with Crippen molar-refractivity contribution in [2.24, 2.45) is 0 Å². The number of carbonyl (C=O) groups excluding carboxylic acids is 1. The van der Waals surface area contributed by atoms with Gasteiger partial charge >= 0.3 is 0 Å². The van der Waals surface area contributed by atoms with Crippen LogP contribution in [0.25, 0.3) is 0 Å². The fraction of sp³-hybridized carbons (Fsp3) is 0.0870. The van der Waals surface area contributed by atoms with Crippen LogP contribution >= 0.6 is 15.9 Å². The van der Waals surface area contributed by atoms with E-state index < -0.39 is 5.91 Å². The number of hydrogen-bond acceptors (Lipinski definition) is 6. The minimum atomic E-state index is -0.429. The third-order valence-corrected chi connectivity index (χ3v) is 4.70. The number of nitrogens with one attached hydrogen (secondary N) is 1. The van der Waals surface area contributed by atoms with Gasteiger partial charge in [-0.15, -0.1) is 0 Å². The Morgan fingerprint density at radius 2 is 1.84 bits per heavy atom. The van der Waals surface area contributed by atoms with Gasteiger partial charge in [-0.1, -0.05) is 22.0 Å². The molecule has 0 bridgehead atoms. The van der Waals surface area contributed by atoms with E-state index >= 15 is 0 Å². The zero-order valence-electron chi connectivity index (χ0n) is 16.3. The molecular formula is C23H18BrN3O4. The number of carbonyl (C=O) groups is 1. The van der Waals surface area contributed by atoms with Crippen molar-refractivity contribution in [3.05, 3.63) is 101 Å². The summed E-state index contributed by atoms with van der Waals surface area (Å²) in [6.07, 6.45) is 4.97. The van der Waals surface area contributed by atoms with Crippen LogP contribution < -0.4 is 14.8 Å². The molecule has 3 aromatic heterocycles. The summed E-state index contributed by atoms with van der Waals surface area (Å²) in [4.78, 5) is 20.8. The van der Waals surface area contributed by atoms with Crippen LogP contribution in [0, 0.1) is 0 Å². The molecule has 0 aliphatic heterocycles. The highest BCUT2D eigenvalue weighted by molar-refractivity contribution is 9.10. The van der Waals surface area contributed by atoms with Crippen LogP contribution in [-0.4, -0.2) is 15.9 Å². The second kappa shape index (κ2) is 9.90. The van der Waals surface area contributed by atoms with Crippen LogP contribution in [0.5, 0.6) is 11.5 Å². The first-order chi connectivity index (χ1) is 15.2. The highest BCUT2D eigenvalue weighted by Crippen LogP contribution is 2.24. The maximum Gasteiger partial charge on any atom is 0.292 e. The average Bonchev–Trinajstić information content (AvgIpc) is 3.27. The van der Waals surface area contributed by atoms with Gasteiger partial charge in [-0.25, -0.2) is 4.98 Å². The van der Waals surface area contributed by atoms with Gasteiger partial charge in [-0.05, 0) is 60.2 Å². The fourth-order valence-electron chi connectivity index (χ4n) is 2.70. The molecule has 1 aromatic carbocycles. The number of anilines is 1. The molecule has 31 heavy (non-hydrogen) atoms. The Balaban J connectivity index is 1.37. The fourth-order valence-corrected chi connectivity index (χ4v) is 3.08. The largest absolute Gasteiger partial charge is 0.486 e. The highest BCUT2D eigenvalue weighted by atomic mass is 79.9. The van der Waals surface area contributed by atoms with Crippen molar-refractivity contribution >= 4 is 27.7 Å². The van der Waals surface area contributed by atoms with Gasteiger partial charge in [0.2, 0.25) is 0 Å². The first kappa shape index (κ1) is 20.6. The van der Waals surface area contributed by atoms with E-state index in [2.05, 4.69) is 31.2 Å². The SMILES string of the molecule is O=C(Nc1ncccc1OCc1ccncc1)c1ccc(COc2cccc(Br)c2)o1. The molecule has 4 rings (SSSR count). The van der Waals surface area contributed by atoms with Crippen molar-refractivity contribution < 1.29 is 18.7 Å². The predicted octanol–water partition coefficient (Wildman–Crippen LogP) is 5.24. The summed E-state index contributed by atoms with van der Waals surface area (Å²) >= 11 is 3.40. The van der Waals surface area contributed by atoms with Crippen LogP contribution in [0.3, 0.4) is 0 Å². The lowest BCUT2D eigenvalue weighted by Crippen LogP contribution is -2.13. The van der Waals surface area contributed by atoms with Gasteiger partial charge in [0, 0.05) is 23.1 Å². The Labute approximate surface area is 187 Å². The van der Waals surface area contributed by atoms with Gasteiger partial charge in [0.25, 0.3) is 5.91 Å². The van der Waals surface area contributed by atoms with E-state index in [0.717, 1.165) is 10.0 Å². The van der Waals surface area contributed by atoms with E-state index in [9.17, 15) is 4.79 Å². The molecule has 0 spiro atoms. The van der Waals surface area contributed by atoms with Crippen LogP contribution in [-0.2, 0) is 13.2 Å². The molecule has 156 valence electrons. The Morgan fingerprint density at radius 1 is 0.968 bits per heavy atom. The lowest BCUT2D eigenvalue weighted by atomic mass is 10.3. The predicted molar refractivity (Wildman–Crippen MR) is 118 cm³/mol. The Morgan fingerprint density at radius 3 is 2.68 bits per heavy atom. The third-order valence-electron chi connectivity index (χ3n) is 4.21. The number of ether oxygens (including phenoxy) is 2. The number of furan rings is 1. The zero-order chi connectivity index (χ0) is 21.5. The monoisotopic (exact) mass is 479 g/mol. The molecule has 0 atom stereocenters. The van der Waals surface area contributed by atoms with Crippen LogP contribution in [0.4, 0.5) is 5.82 Å². The van der Waals surface area contributed by atoms with E-state index in [1.807, 2.05) is 36.4 Å². The molecule has 0 saturated heterocycles. The minimum Gasteiger partial charge on any atom is -0.486 e. The standard InChI is InChI=1S/C23H18BrN3O4/c24-17-3-1-4-18(13-17)29-15-19-6-7-21(31-19)23(28)27-22-20(5-2-10-26-22)30-14-16-8-11-25-12-9-16/h1-13H,14-15H2,(H,26,27,28). The summed E-state index contributed by atoms with van der Waals surface area (Å²) in [6, 6.07) is 18.0. The van der Waals surface area contributed by atoms with Crippen LogP contribution in [0.15, 0.2) is 88.1 Å². The molecule has 0 saturated carbocycles. The quantitative estimate of drug-likeness (QED) is 0.371. The number of amides is 1. The lowest BCUT2D eigenvalue weighted by Gasteiger charge is -2.11. The van der Waals surface area contributed by atoms with Crippen LogP contribution in [0.1, 0.15) is 21.9 Å². The van der Waals surface area contributed by atoms with E-state index in [1.54, 1.807) is 42.9 Å². The van der Waals surface area contributed by atoms with E-state index in [-0.39, 0.29) is 12.4 Å². The van der Waals surface area contributed by atoms with Crippen molar-refractivity contribution in [1.82, 2.24) is 9.97 Å². The number of nitrogens with zero attached hydrogens (tertiary/aromatic N) is 2. The topological polar surface area (TPSA) is 86.5 Å². The number of pyridine rings is 2. The number of halogens is 1. The van der Waals surface area contributed by atoms with Gasteiger partial charge < -0.3 is 19.2 Å². The molecule has 0 aliphatic carbocycles. The number of benzene rings is 1. The number of aromatic nitrogens is 2. The zero-order valence-corrected chi connectivity index (χ0v) is 17.9. The molecule has 0 fully saturated rings. The highest BCUT2D eigenvalue weighted by Gasteiger charge is 2.15. The van der Waals surface area contributed by atoms with Crippen LogP contribution in [0.2, 0.25) is 0 Å². The Kier molecular flexibility index (Phi) is 6.59. The smallest absolute Gasteiger partial charge is 0.292 e. The van der Waals surface area contributed by atoms with Gasteiger partial charge in [-0.2, -0.15) is 0 Å².